The zero-order valence-corrected chi connectivity index (χ0v) is 26.7. The van der Waals surface area contributed by atoms with Crippen LogP contribution in [0.25, 0.3) is 60.9 Å². The molecule has 7 aromatic carbocycles. The van der Waals surface area contributed by atoms with Crippen molar-refractivity contribution in [1.82, 2.24) is 4.57 Å². The van der Waals surface area contributed by atoms with Crippen molar-refractivity contribution in [2.24, 2.45) is 0 Å². The van der Waals surface area contributed by atoms with E-state index in [1.807, 2.05) is 146 Å². The molecular weight excluding hydrogens is 615 g/mol. The highest BCUT2D eigenvalue weighted by Crippen LogP contribution is 2.45. The van der Waals surface area contributed by atoms with Crippen LogP contribution in [-0.4, -0.2) is 16.4 Å². The van der Waals surface area contributed by atoms with E-state index in [1.165, 1.54) is 4.90 Å². The minimum atomic E-state index is -0.387. The zero-order valence-electron chi connectivity index (χ0n) is 26.7. The second kappa shape index (κ2) is 11.6. The normalized spacial score (nSPS) is 12.4. The first kappa shape index (κ1) is 29.1. The topological polar surface area (TPSA) is 66.1 Å². The van der Waals surface area contributed by atoms with Gasteiger partial charge in [0.05, 0.1) is 45.2 Å². The molecule has 0 radical (unpaired) electrons. The second-order valence-corrected chi connectivity index (χ2v) is 12.3. The summed E-state index contributed by atoms with van der Waals surface area (Å²) in [6, 6.07) is 55.2. The molecule has 9 rings (SSSR count). The van der Waals surface area contributed by atoms with Gasteiger partial charge in [0, 0.05) is 33.0 Å². The Kier molecular flexibility index (Phi) is 6.75. The van der Waals surface area contributed by atoms with Crippen molar-refractivity contribution in [3.63, 3.8) is 0 Å². The third-order valence-electron chi connectivity index (χ3n) is 9.60. The van der Waals surface area contributed by atoms with Crippen LogP contribution >= 0.6 is 0 Å². The molecule has 0 unspecified atom stereocenters. The van der Waals surface area contributed by atoms with E-state index in [-0.39, 0.29) is 11.8 Å². The molecule has 0 fully saturated rings. The Morgan fingerprint density at radius 1 is 0.460 bits per heavy atom. The number of carbonyl (C=O) groups is 2. The quantitative estimate of drug-likeness (QED) is 0.176. The van der Waals surface area contributed by atoms with Gasteiger partial charge in [0.1, 0.15) is 0 Å². The Balaban J connectivity index is 1.33. The maximum atomic E-state index is 15.1. The number of aromatic nitrogens is 1. The average Bonchev–Trinajstić information content (AvgIpc) is 3.65. The maximum Gasteiger partial charge on any atom is 0.268 e. The molecule has 5 nitrogen and oxygen atoms in total. The lowest BCUT2D eigenvalue weighted by Crippen LogP contribution is -2.30. The van der Waals surface area contributed by atoms with Gasteiger partial charge in [-0.1, -0.05) is 140 Å². The highest BCUT2D eigenvalue weighted by atomic mass is 16.2. The van der Waals surface area contributed by atoms with Gasteiger partial charge in [-0.15, -0.1) is 0 Å². The van der Waals surface area contributed by atoms with Crippen molar-refractivity contribution >= 4 is 39.3 Å². The van der Waals surface area contributed by atoms with Crippen LogP contribution in [0.15, 0.2) is 164 Å². The van der Waals surface area contributed by atoms with Crippen LogP contribution in [0.2, 0.25) is 0 Å². The summed E-state index contributed by atoms with van der Waals surface area (Å²) in [4.78, 5) is 31.1. The van der Waals surface area contributed by atoms with Gasteiger partial charge in [-0.25, -0.2) is 4.90 Å². The van der Waals surface area contributed by atoms with Crippen molar-refractivity contribution in [2.75, 3.05) is 4.90 Å². The molecule has 2 heterocycles. The van der Waals surface area contributed by atoms with E-state index in [0.717, 1.165) is 55.2 Å². The number of hydrogen-bond donors (Lipinski definition) is 0. The molecule has 0 aliphatic carbocycles. The van der Waals surface area contributed by atoms with Crippen molar-refractivity contribution in [3.05, 3.63) is 180 Å². The Hall–Kier alpha value is -7.03. The van der Waals surface area contributed by atoms with Crippen molar-refractivity contribution < 1.29 is 9.59 Å². The molecule has 5 heteroatoms. The third kappa shape index (κ3) is 4.33. The van der Waals surface area contributed by atoms with E-state index in [4.69, 9.17) is 0 Å². The summed E-state index contributed by atoms with van der Waals surface area (Å²) < 4.78 is 2.09. The number of hydrogen-bond acceptors (Lipinski definition) is 3. The number of nitrogens with zero attached hydrogens (tertiary/aromatic N) is 3. The summed E-state index contributed by atoms with van der Waals surface area (Å²) in [7, 11) is 0. The number of imide groups is 1. The second-order valence-electron chi connectivity index (χ2n) is 12.3. The Labute approximate surface area is 288 Å². The van der Waals surface area contributed by atoms with Gasteiger partial charge in [0.25, 0.3) is 11.8 Å². The van der Waals surface area contributed by atoms with Crippen LogP contribution in [0, 0.1) is 11.3 Å². The minimum absolute atomic E-state index is 0.338. The molecule has 50 heavy (non-hydrogen) atoms. The number of anilines is 1. The fourth-order valence-corrected chi connectivity index (χ4v) is 7.44. The Morgan fingerprint density at radius 3 is 1.72 bits per heavy atom. The van der Waals surface area contributed by atoms with Gasteiger partial charge in [-0.05, 0) is 35.4 Å². The van der Waals surface area contributed by atoms with Crippen LogP contribution in [0.5, 0.6) is 0 Å². The minimum Gasteiger partial charge on any atom is -0.308 e. The molecule has 1 aliphatic heterocycles. The molecule has 1 aromatic heterocycles. The van der Waals surface area contributed by atoms with Gasteiger partial charge in [-0.3, -0.25) is 9.59 Å². The summed E-state index contributed by atoms with van der Waals surface area (Å²) in [5.41, 5.74) is 9.19. The van der Waals surface area contributed by atoms with Gasteiger partial charge in [0.15, 0.2) is 0 Å². The number of para-hydroxylation sites is 3. The summed E-state index contributed by atoms with van der Waals surface area (Å²) in [6.45, 7) is 0. The lowest BCUT2D eigenvalue weighted by molar-refractivity contribution is 0.0926. The van der Waals surface area contributed by atoms with E-state index in [2.05, 4.69) is 22.8 Å². The van der Waals surface area contributed by atoms with Gasteiger partial charge < -0.3 is 4.57 Å². The zero-order chi connectivity index (χ0) is 33.8. The molecule has 0 bridgehead atoms. The molecule has 2 amide bonds. The van der Waals surface area contributed by atoms with E-state index in [1.54, 1.807) is 6.07 Å². The fourth-order valence-electron chi connectivity index (χ4n) is 7.44. The van der Waals surface area contributed by atoms with Crippen LogP contribution in [0.3, 0.4) is 0 Å². The number of nitriles is 1. The van der Waals surface area contributed by atoms with Crippen LogP contribution in [-0.2, 0) is 0 Å². The average molecular weight is 642 g/mol. The van der Waals surface area contributed by atoms with Crippen LogP contribution in [0.1, 0.15) is 26.3 Å². The summed E-state index contributed by atoms with van der Waals surface area (Å²) >= 11 is 0. The van der Waals surface area contributed by atoms with E-state index in [9.17, 15) is 10.1 Å². The Morgan fingerprint density at radius 2 is 1.00 bits per heavy atom. The SMILES string of the molecule is N#Cc1ccccc1-c1cccc2c3ccccc3n(-c3cccc4c3C(=O)N(c3c(-c5ccccc5)cccc3-c3ccccc3)C4=O)c12. The highest BCUT2D eigenvalue weighted by molar-refractivity contribution is 6.37. The number of rotatable bonds is 5. The Bertz CT molecular complexity index is 2640. The lowest BCUT2D eigenvalue weighted by Gasteiger charge is -2.23. The summed E-state index contributed by atoms with van der Waals surface area (Å²) in [5, 5.41) is 12.1. The molecule has 8 aromatic rings. The molecule has 0 saturated heterocycles. The largest absolute Gasteiger partial charge is 0.308 e. The van der Waals surface area contributed by atoms with E-state index < -0.39 is 0 Å². The first-order valence-electron chi connectivity index (χ1n) is 16.4. The third-order valence-corrected chi connectivity index (χ3v) is 9.60. The van der Waals surface area contributed by atoms with Crippen molar-refractivity contribution in [3.8, 4) is 45.1 Å². The molecule has 234 valence electrons. The number of benzene rings is 7. The van der Waals surface area contributed by atoms with Gasteiger partial charge >= 0.3 is 0 Å². The standard InChI is InChI=1S/C45H27N3O2/c46-28-31-18-7-8-19-32(31)36-23-12-24-37-35-20-9-10-26-39(35)47(43(36)37)40-27-13-25-38-41(40)45(50)48(44(38)49)42-33(29-14-3-1-4-15-29)21-11-22-34(42)30-16-5-2-6-17-30/h1-27H. The van der Waals surface area contributed by atoms with E-state index >= 15 is 4.79 Å². The van der Waals surface area contributed by atoms with Gasteiger partial charge in [0.2, 0.25) is 0 Å². The summed E-state index contributed by atoms with van der Waals surface area (Å²) in [5.74, 6) is -0.759. The number of amides is 2. The predicted octanol–water partition coefficient (Wildman–Crippen LogP) is 10.5. The molecule has 1 aliphatic rings. The predicted molar refractivity (Wildman–Crippen MR) is 199 cm³/mol. The number of fused-ring (bicyclic) bond motifs is 4. The van der Waals surface area contributed by atoms with Crippen molar-refractivity contribution in [2.45, 2.75) is 0 Å². The highest BCUT2D eigenvalue weighted by Gasteiger charge is 2.41. The molecule has 0 spiro atoms. The van der Waals surface area contributed by atoms with Gasteiger partial charge in [-0.2, -0.15) is 5.26 Å². The summed E-state index contributed by atoms with van der Waals surface area (Å²) in [6.07, 6.45) is 0. The fraction of sp³-hybridized carbons (Fsp3) is 0. The maximum absolute atomic E-state index is 15.1. The van der Waals surface area contributed by atoms with E-state index in [0.29, 0.717) is 28.1 Å². The lowest BCUT2D eigenvalue weighted by atomic mass is 9.95. The molecule has 0 N–H and O–H groups in total. The monoisotopic (exact) mass is 641 g/mol. The first-order chi connectivity index (χ1) is 24.7. The van der Waals surface area contributed by atoms with Crippen LogP contribution in [0.4, 0.5) is 5.69 Å². The molecular formula is C45H27N3O2. The molecule has 0 atom stereocenters. The number of carbonyl (C=O) groups excluding carboxylic acids is 2. The smallest absolute Gasteiger partial charge is 0.268 e. The van der Waals surface area contributed by atoms with Crippen molar-refractivity contribution in [1.29, 1.82) is 5.26 Å². The molecule has 0 saturated carbocycles. The first-order valence-corrected chi connectivity index (χ1v) is 16.4. The van der Waals surface area contributed by atoms with Crippen LogP contribution < -0.4 is 4.90 Å².